The number of aromatic nitrogens is 2. The minimum atomic E-state index is 0.0816. The van der Waals surface area contributed by atoms with Gasteiger partial charge in [0.2, 0.25) is 5.91 Å². The highest BCUT2D eigenvalue weighted by atomic mass is 16.5. The van der Waals surface area contributed by atoms with Crippen LogP contribution < -0.4 is 0 Å². The Morgan fingerprint density at radius 3 is 2.83 bits per heavy atom. The maximum absolute atomic E-state index is 12.0. The fraction of sp³-hybridized carbons (Fsp3) is 0.583. The van der Waals surface area contributed by atoms with Gasteiger partial charge in [-0.3, -0.25) is 9.48 Å². The van der Waals surface area contributed by atoms with Gasteiger partial charge in [0.15, 0.2) is 0 Å². The quantitative estimate of drug-likeness (QED) is 0.767. The zero-order valence-corrected chi connectivity index (χ0v) is 10.4. The van der Waals surface area contributed by atoms with Crippen molar-refractivity contribution in [3.63, 3.8) is 0 Å². The van der Waals surface area contributed by atoms with Gasteiger partial charge in [-0.1, -0.05) is 0 Å². The van der Waals surface area contributed by atoms with Crippen LogP contribution in [0.5, 0.6) is 0 Å². The highest BCUT2D eigenvalue weighted by molar-refractivity contribution is 6.12. The monoisotopic (exact) mass is 248 g/mol. The number of hydrogen-bond acceptors (Lipinski definition) is 4. The molecule has 0 aliphatic carbocycles. The standard InChI is InChI=1S/C12H16N4O2/c1-15-11(2-5-13-15)10-8-12(17)16(14-10)9-3-6-18-7-4-9/h2,5,9H,3-4,6-8H2,1H3. The summed E-state index contributed by atoms with van der Waals surface area (Å²) < 4.78 is 7.06. The van der Waals surface area contributed by atoms with E-state index in [0.717, 1.165) is 24.2 Å². The van der Waals surface area contributed by atoms with E-state index in [9.17, 15) is 4.79 Å². The molecule has 1 aromatic rings. The average molecular weight is 248 g/mol. The molecule has 1 saturated heterocycles. The van der Waals surface area contributed by atoms with Crippen molar-refractivity contribution < 1.29 is 9.53 Å². The van der Waals surface area contributed by atoms with E-state index in [1.165, 1.54) is 0 Å². The molecule has 6 heteroatoms. The largest absolute Gasteiger partial charge is 0.381 e. The molecular weight excluding hydrogens is 232 g/mol. The summed E-state index contributed by atoms with van der Waals surface area (Å²) in [5.41, 5.74) is 1.73. The molecule has 0 saturated carbocycles. The van der Waals surface area contributed by atoms with E-state index >= 15 is 0 Å². The summed E-state index contributed by atoms with van der Waals surface area (Å²) in [6.07, 6.45) is 3.83. The Morgan fingerprint density at radius 2 is 2.17 bits per heavy atom. The van der Waals surface area contributed by atoms with Crippen LogP contribution in [-0.2, 0) is 16.6 Å². The van der Waals surface area contributed by atoms with Crippen molar-refractivity contribution in [3.05, 3.63) is 18.0 Å². The van der Waals surface area contributed by atoms with E-state index in [4.69, 9.17) is 4.74 Å². The lowest BCUT2D eigenvalue weighted by molar-refractivity contribution is -0.132. The van der Waals surface area contributed by atoms with Crippen molar-refractivity contribution >= 4 is 11.6 Å². The summed E-state index contributed by atoms with van der Waals surface area (Å²) in [6, 6.07) is 2.08. The van der Waals surface area contributed by atoms with Gasteiger partial charge in [0.25, 0.3) is 0 Å². The Morgan fingerprint density at radius 1 is 1.39 bits per heavy atom. The van der Waals surface area contributed by atoms with Gasteiger partial charge in [0.1, 0.15) is 0 Å². The molecule has 96 valence electrons. The summed E-state index contributed by atoms with van der Waals surface area (Å²) in [5, 5.41) is 10.2. The highest BCUT2D eigenvalue weighted by Crippen LogP contribution is 2.22. The number of hydrogen-bond donors (Lipinski definition) is 0. The molecule has 1 fully saturated rings. The average Bonchev–Trinajstić information content (AvgIpc) is 2.96. The van der Waals surface area contributed by atoms with Crippen LogP contribution in [0.15, 0.2) is 17.4 Å². The second-order valence-corrected chi connectivity index (χ2v) is 4.65. The third-order valence-corrected chi connectivity index (χ3v) is 3.46. The Bertz CT molecular complexity index is 488. The number of nitrogens with zero attached hydrogens (tertiary/aromatic N) is 4. The van der Waals surface area contributed by atoms with Crippen LogP contribution in [0.3, 0.4) is 0 Å². The molecule has 6 nitrogen and oxygen atoms in total. The maximum Gasteiger partial charge on any atom is 0.249 e. The molecule has 0 spiro atoms. The number of carbonyl (C=O) groups excluding carboxylic acids is 1. The lowest BCUT2D eigenvalue weighted by atomic mass is 10.1. The number of carbonyl (C=O) groups is 1. The SMILES string of the molecule is Cn1nccc1C1=NN(C2CCOCC2)C(=O)C1. The first-order chi connectivity index (χ1) is 8.75. The van der Waals surface area contributed by atoms with E-state index in [1.807, 2.05) is 13.1 Å². The van der Waals surface area contributed by atoms with E-state index < -0.39 is 0 Å². The van der Waals surface area contributed by atoms with Crippen molar-refractivity contribution in [1.82, 2.24) is 14.8 Å². The first-order valence-corrected chi connectivity index (χ1v) is 6.21. The zero-order chi connectivity index (χ0) is 12.5. The van der Waals surface area contributed by atoms with Crippen molar-refractivity contribution in [3.8, 4) is 0 Å². The van der Waals surface area contributed by atoms with Gasteiger partial charge in [-0.05, 0) is 18.9 Å². The summed E-state index contributed by atoms with van der Waals surface area (Å²) in [7, 11) is 1.86. The van der Waals surface area contributed by atoms with Crippen LogP contribution in [0.1, 0.15) is 25.0 Å². The van der Waals surface area contributed by atoms with E-state index in [-0.39, 0.29) is 11.9 Å². The molecule has 0 unspecified atom stereocenters. The first kappa shape index (κ1) is 11.4. The van der Waals surface area contributed by atoms with Crippen molar-refractivity contribution in [2.45, 2.75) is 25.3 Å². The molecule has 0 radical (unpaired) electrons. The third-order valence-electron chi connectivity index (χ3n) is 3.46. The van der Waals surface area contributed by atoms with Gasteiger partial charge >= 0.3 is 0 Å². The highest BCUT2D eigenvalue weighted by Gasteiger charge is 2.32. The molecular formula is C12H16N4O2. The summed E-state index contributed by atoms with van der Waals surface area (Å²) in [4.78, 5) is 12.0. The predicted octanol–water partition coefficient (Wildman–Crippen LogP) is 0.536. The van der Waals surface area contributed by atoms with Gasteiger partial charge in [-0.25, -0.2) is 5.01 Å². The molecule has 0 N–H and O–H groups in total. The van der Waals surface area contributed by atoms with Crippen LogP contribution in [0.25, 0.3) is 0 Å². The number of hydrazone groups is 1. The van der Waals surface area contributed by atoms with Crippen LogP contribution in [0.2, 0.25) is 0 Å². The van der Waals surface area contributed by atoms with E-state index in [1.54, 1.807) is 15.9 Å². The molecule has 0 atom stereocenters. The van der Waals surface area contributed by atoms with Crippen LogP contribution >= 0.6 is 0 Å². The molecule has 2 aliphatic heterocycles. The van der Waals surface area contributed by atoms with E-state index in [0.29, 0.717) is 19.6 Å². The third kappa shape index (κ3) is 1.92. The second-order valence-electron chi connectivity index (χ2n) is 4.65. The summed E-state index contributed by atoms with van der Waals surface area (Å²) in [5.74, 6) is 0.0816. The molecule has 0 bridgehead atoms. The van der Waals surface area contributed by atoms with Crippen LogP contribution in [-0.4, -0.2) is 45.7 Å². The fourth-order valence-corrected chi connectivity index (χ4v) is 2.46. The predicted molar refractivity (Wildman–Crippen MR) is 65.0 cm³/mol. The van der Waals surface area contributed by atoms with Gasteiger partial charge in [-0.2, -0.15) is 10.2 Å². The molecule has 18 heavy (non-hydrogen) atoms. The Kier molecular flexibility index (Phi) is 2.87. The van der Waals surface area contributed by atoms with Crippen LogP contribution in [0.4, 0.5) is 0 Å². The molecule has 2 aliphatic rings. The minimum absolute atomic E-state index is 0.0816. The summed E-state index contributed by atoms with van der Waals surface area (Å²) in [6.45, 7) is 1.43. The molecule has 1 aromatic heterocycles. The van der Waals surface area contributed by atoms with E-state index in [2.05, 4.69) is 10.2 Å². The van der Waals surface area contributed by atoms with Crippen molar-refractivity contribution in [2.75, 3.05) is 13.2 Å². The summed E-state index contributed by atoms with van der Waals surface area (Å²) >= 11 is 0. The number of amides is 1. The molecule has 0 aromatic carbocycles. The fourth-order valence-electron chi connectivity index (χ4n) is 2.46. The van der Waals surface area contributed by atoms with Gasteiger partial charge < -0.3 is 4.74 Å². The van der Waals surface area contributed by atoms with Crippen molar-refractivity contribution in [1.29, 1.82) is 0 Å². The topological polar surface area (TPSA) is 59.7 Å². The van der Waals surface area contributed by atoms with Crippen molar-refractivity contribution in [2.24, 2.45) is 12.1 Å². The van der Waals surface area contributed by atoms with Gasteiger partial charge in [0.05, 0.1) is 23.9 Å². The lowest BCUT2D eigenvalue weighted by Gasteiger charge is -2.27. The molecule has 1 amide bonds. The number of aryl methyl sites for hydroxylation is 1. The second kappa shape index (κ2) is 4.53. The first-order valence-electron chi connectivity index (χ1n) is 6.21. The van der Waals surface area contributed by atoms with Crippen LogP contribution in [0, 0.1) is 0 Å². The van der Waals surface area contributed by atoms with Gasteiger partial charge in [0, 0.05) is 26.5 Å². The smallest absolute Gasteiger partial charge is 0.249 e. The Hall–Kier alpha value is -1.69. The minimum Gasteiger partial charge on any atom is -0.381 e. The zero-order valence-electron chi connectivity index (χ0n) is 10.4. The normalized spacial score (nSPS) is 21.5. The molecule has 3 rings (SSSR count). The number of rotatable bonds is 2. The number of ether oxygens (including phenoxy) is 1. The molecule has 3 heterocycles. The van der Waals surface area contributed by atoms with Gasteiger partial charge in [-0.15, -0.1) is 0 Å². The Labute approximate surface area is 105 Å². The lowest BCUT2D eigenvalue weighted by Crippen LogP contribution is -2.37. The maximum atomic E-state index is 12.0. The Balaban J connectivity index is 1.82.